The van der Waals surface area contributed by atoms with E-state index in [0.717, 1.165) is 32.5 Å². The summed E-state index contributed by atoms with van der Waals surface area (Å²) in [6.07, 6.45) is 2.83. The third kappa shape index (κ3) is 3.53. The van der Waals surface area contributed by atoms with Crippen LogP contribution in [0.2, 0.25) is 5.02 Å². The van der Waals surface area contributed by atoms with E-state index in [1.54, 1.807) is 4.68 Å². The molecule has 0 fully saturated rings. The zero-order valence-electron chi connectivity index (χ0n) is 8.91. The maximum absolute atomic E-state index is 6.15. The summed E-state index contributed by atoms with van der Waals surface area (Å²) in [7, 11) is 0. The molecule has 0 aliphatic heterocycles. The molecule has 2 aromatic rings. The first kappa shape index (κ1) is 13.1. The molecule has 0 atom stereocenters. The predicted molar refractivity (Wildman–Crippen MR) is 75.8 cm³/mol. The third-order valence-corrected chi connectivity index (χ3v) is 3.53. The largest absolute Gasteiger partial charge is 0.248 e. The van der Waals surface area contributed by atoms with Crippen molar-refractivity contribution in [3.8, 4) is 0 Å². The number of benzene rings is 1. The van der Waals surface area contributed by atoms with Crippen LogP contribution in [0.15, 0.2) is 28.9 Å². The molecule has 0 aliphatic rings. The van der Waals surface area contributed by atoms with Gasteiger partial charge in [0.15, 0.2) is 0 Å². The van der Waals surface area contributed by atoms with Crippen LogP contribution in [-0.2, 0) is 13.0 Å². The summed E-state index contributed by atoms with van der Waals surface area (Å²) in [5, 5.41) is 9.78. The van der Waals surface area contributed by atoms with E-state index in [1.807, 2.05) is 24.4 Å². The van der Waals surface area contributed by atoms with Crippen LogP contribution >= 0.6 is 43.5 Å². The van der Waals surface area contributed by atoms with Crippen molar-refractivity contribution >= 4 is 43.5 Å². The first-order chi connectivity index (χ1) is 8.19. The number of nitrogens with zero attached hydrogens (tertiary/aromatic N) is 3. The minimum absolute atomic E-state index is 0.640. The molecule has 1 heterocycles. The van der Waals surface area contributed by atoms with Crippen LogP contribution in [0.5, 0.6) is 0 Å². The zero-order chi connectivity index (χ0) is 12.3. The molecule has 0 aliphatic carbocycles. The highest BCUT2D eigenvalue weighted by Crippen LogP contribution is 2.21. The molecular formula is C11H10Br2ClN3. The second-order valence-corrected chi connectivity index (χ2v) is 5.70. The molecule has 17 heavy (non-hydrogen) atoms. The van der Waals surface area contributed by atoms with Gasteiger partial charge in [-0.3, -0.25) is 0 Å². The monoisotopic (exact) mass is 377 g/mol. The smallest absolute Gasteiger partial charge is 0.0835 e. The topological polar surface area (TPSA) is 30.7 Å². The molecule has 3 nitrogen and oxygen atoms in total. The number of hydrogen-bond acceptors (Lipinski definition) is 2. The van der Waals surface area contributed by atoms with Gasteiger partial charge in [0.2, 0.25) is 0 Å². The van der Waals surface area contributed by atoms with Gasteiger partial charge in [-0.05, 0) is 17.7 Å². The summed E-state index contributed by atoms with van der Waals surface area (Å²) in [6.45, 7) is 0.640. The van der Waals surface area contributed by atoms with Crippen LogP contribution in [-0.4, -0.2) is 20.3 Å². The van der Waals surface area contributed by atoms with Gasteiger partial charge in [0.1, 0.15) is 0 Å². The highest BCUT2D eigenvalue weighted by Gasteiger charge is 2.04. The minimum atomic E-state index is 0.640. The summed E-state index contributed by atoms with van der Waals surface area (Å²) in [4.78, 5) is 0. The molecule has 0 spiro atoms. The van der Waals surface area contributed by atoms with E-state index in [0.29, 0.717) is 6.54 Å². The Morgan fingerprint density at radius 2 is 2.18 bits per heavy atom. The zero-order valence-corrected chi connectivity index (χ0v) is 12.8. The molecule has 0 unspecified atom stereocenters. The van der Waals surface area contributed by atoms with Crippen molar-refractivity contribution in [2.75, 3.05) is 5.33 Å². The van der Waals surface area contributed by atoms with Crippen LogP contribution in [0.1, 0.15) is 11.3 Å². The molecule has 0 radical (unpaired) electrons. The summed E-state index contributed by atoms with van der Waals surface area (Å²) in [5.74, 6) is 0. The fourth-order valence-electron chi connectivity index (χ4n) is 1.45. The van der Waals surface area contributed by atoms with Gasteiger partial charge in [-0.1, -0.05) is 54.7 Å². The lowest BCUT2D eigenvalue weighted by molar-refractivity contribution is 0.649. The second kappa shape index (κ2) is 5.98. The molecule has 6 heteroatoms. The average Bonchev–Trinajstić information content (AvgIpc) is 2.71. The van der Waals surface area contributed by atoms with Gasteiger partial charge in [-0.15, -0.1) is 5.10 Å². The normalized spacial score (nSPS) is 10.8. The molecular weight excluding hydrogens is 369 g/mol. The Morgan fingerprint density at radius 1 is 1.35 bits per heavy atom. The van der Waals surface area contributed by atoms with E-state index >= 15 is 0 Å². The molecule has 2 rings (SSSR count). The number of halogens is 3. The van der Waals surface area contributed by atoms with Crippen molar-refractivity contribution in [1.82, 2.24) is 15.0 Å². The molecule has 90 valence electrons. The van der Waals surface area contributed by atoms with Gasteiger partial charge in [0.05, 0.1) is 12.2 Å². The van der Waals surface area contributed by atoms with E-state index in [-0.39, 0.29) is 0 Å². The van der Waals surface area contributed by atoms with E-state index in [4.69, 9.17) is 11.6 Å². The van der Waals surface area contributed by atoms with Crippen molar-refractivity contribution in [3.63, 3.8) is 0 Å². The quantitative estimate of drug-likeness (QED) is 0.759. The average molecular weight is 379 g/mol. The standard InChI is InChI=1S/C11H10Br2ClN3/c12-4-3-10-7-17(16-15-10)6-8-1-2-9(13)5-11(8)14/h1-2,5,7H,3-4,6H2. The first-order valence-electron chi connectivity index (χ1n) is 5.08. The van der Waals surface area contributed by atoms with Gasteiger partial charge in [0.25, 0.3) is 0 Å². The van der Waals surface area contributed by atoms with Gasteiger partial charge in [-0.25, -0.2) is 4.68 Å². The Hall–Kier alpha value is -0.390. The molecule has 0 bridgehead atoms. The van der Waals surface area contributed by atoms with Crippen molar-refractivity contribution in [2.45, 2.75) is 13.0 Å². The van der Waals surface area contributed by atoms with Crippen LogP contribution in [0.3, 0.4) is 0 Å². The molecule has 0 amide bonds. The van der Waals surface area contributed by atoms with Crippen molar-refractivity contribution in [3.05, 3.63) is 45.1 Å². The molecule has 0 saturated carbocycles. The first-order valence-corrected chi connectivity index (χ1v) is 7.37. The SMILES string of the molecule is Clc1cc(Br)ccc1Cn1cc(CCBr)nn1. The lowest BCUT2D eigenvalue weighted by Gasteiger charge is -2.04. The highest BCUT2D eigenvalue weighted by atomic mass is 79.9. The van der Waals surface area contributed by atoms with E-state index in [2.05, 4.69) is 42.2 Å². The number of aromatic nitrogens is 3. The molecule has 1 aromatic heterocycles. The van der Waals surface area contributed by atoms with Gasteiger partial charge >= 0.3 is 0 Å². The highest BCUT2D eigenvalue weighted by molar-refractivity contribution is 9.10. The number of aryl methyl sites for hydroxylation is 1. The Labute approximate surface area is 121 Å². The van der Waals surface area contributed by atoms with Gasteiger partial charge < -0.3 is 0 Å². The summed E-state index contributed by atoms with van der Waals surface area (Å²) in [6, 6.07) is 5.84. The maximum atomic E-state index is 6.15. The Kier molecular flexibility index (Phi) is 4.59. The van der Waals surface area contributed by atoms with Crippen LogP contribution in [0, 0.1) is 0 Å². The Morgan fingerprint density at radius 3 is 2.88 bits per heavy atom. The van der Waals surface area contributed by atoms with E-state index in [1.165, 1.54) is 0 Å². The van der Waals surface area contributed by atoms with Crippen LogP contribution in [0.4, 0.5) is 0 Å². The van der Waals surface area contributed by atoms with Crippen molar-refractivity contribution in [1.29, 1.82) is 0 Å². The number of alkyl halides is 1. The lowest BCUT2D eigenvalue weighted by Crippen LogP contribution is -2.01. The van der Waals surface area contributed by atoms with Crippen molar-refractivity contribution < 1.29 is 0 Å². The fourth-order valence-corrected chi connectivity index (χ4v) is 2.59. The molecule has 0 N–H and O–H groups in total. The fraction of sp³-hybridized carbons (Fsp3) is 0.273. The van der Waals surface area contributed by atoms with E-state index in [9.17, 15) is 0 Å². The maximum Gasteiger partial charge on any atom is 0.0835 e. The minimum Gasteiger partial charge on any atom is -0.248 e. The summed E-state index contributed by atoms with van der Waals surface area (Å²) < 4.78 is 2.78. The predicted octanol–water partition coefficient (Wildman–Crippen LogP) is 3.68. The Bertz CT molecular complexity index is 513. The Balaban J connectivity index is 2.13. The molecule has 1 aromatic carbocycles. The third-order valence-electron chi connectivity index (χ3n) is 2.28. The lowest BCUT2D eigenvalue weighted by atomic mass is 10.2. The second-order valence-electron chi connectivity index (χ2n) is 3.58. The number of rotatable bonds is 4. The van der Waals surface area contributed by atoms with Crippen molar-refractivity contribution in [2.24, 2.45) is 0 Å². The van der Waals surface area contributed by atoms with Crippen LogP contribution < -0.4 is 0 Å². The summed E-state index contributed by atoms with van der Waals surface area (Å²) >= 11 is 12.9. The van der Waals surface area contributed by atoms with Gasteiger partial charge in [-0.2, -0.15) is 0 Å². The van der Waals surface area contributed by atoms with E-state index < -0.39 is 0 Å². The van der Waals surface area contributed by atoms with Crippen LogP contribution in [0.25, 0.3) is 0 Å². The van der Waals surface area contributed by atoms with Gasteiger partial charge in [0, 0.05) is 27.4 Å². The number of hydrogen-bond donors (Lipinski definition) is 0. The summed E-state index contributed by atoms with van der Waals surface area (Å²) in [5.41, 5.74) is 2.01. The molecule has 0 saturated heterocycles.